The zero-order valence-corrected chi connectivity index (χ0v) is 20.5. The van der Waals surface area contributed by atoms with E-state index in [0.29, 0.717) is 11.5 Å². The van der Waals surface area contributed by atoms with Crippen molar-refractivity contribution in [2.24, 2.45) is 5.73 Å². The molecular weight excluding hydrogens is 460 g/mol. The highest BCUT2D eigenvalue weighted by molar-refractivity contribution is 5.99. The van der Waals surface area contributed by atoms with Gasteiger partial charge in [-0.3, -0.25) is 9.69 Å². The van der Waals surface area contributed by atoms with E-state index in [4.69, 9.17) is 20.2 Å². The molecule has 4 aromatic heterocycles. The number of primary amides is 1. The molecule has 0 aromatic carbocycles. The van der Waals surface area contributed by atoms with Gasteiger partial charge in [-0.1, -0.05) is 0 Å². The highest BCUT2D eigenvalue weighted by Gasteiger charge is 2.19. The molecule has 0 spiro atoms. The summed E-state index contributed by atoms with van der Waals surface area (Å²) in [4.78, 5) is 23.6. The van der Waals surface area contributed by atoms with Crippen LogP contribution in [0.3, 0.4) is 0 Å². The first-order valence-electron chi connectivity index (χ1n) is 12.3. The fraction of sp³-hybridized carbons (Fsp3) is 0.440. The van der Waals surface area contributed by atoms with Crippen LogP contribution in [0.4, 0.5) is 5.82 Å². The monoisotopic (exact) mass is 492 g/mol. The first-order chi connectivity index (χ1) is 17.7. The van der Waals surface area contributed by atoms with Crippen molar-refractivity contribution in [2.45, 2.75) is 19.4 Å². The number of hydrogen-bond acceptors (Lipinski definition) is 8. The standard InChI is InChI=1S/C21H24N8O2.C4H8O/c1-23-18-11-17(26-21-15(19(22)30)12-25-29(18)21)16-13-28(20-14(16)3-2-4-24-20)6-5-27-7-9-31-10-8-27;1-2-4-5-3-1/h2-4,11-13,23H,5-10H2,1H3,(H2,22,30);1-4H2. The molecule has 0 bridgehead atoms. The lowest BCUT2D eigenvalue weighted by Crippen LogP contribution is -2.38. The molecule has 11 nitrogen and oxygen atoms in total. The van der Waals surface area contributed by atoms with Crippen LogP contribution in [0.25, 0.3) is 27.9 Å². The summed E-state index contributed by atoms with van der Waals surface area (Å²) in [6, 6.07) is 5.88. The Morgan fingerprint density at radius 1 is 1.11 bits per heavy atom. The normalized spacial score (nSPS) is 16.2. The molecular formula is C25H32N8O3. The first kappa shape index (κ1) is 24.2. The molecule has 2 saturated heterocycles. The summed E-state index contributed by atoms with van der Waals surface area (Å²) in [6.45, 7) is 7.18. The molecule has 2 aliphatic rings. The summed E-state index contributed by atoms with van der Waals surface area (Å²) >= 11 is 0. The highest BCUT2D eigenvalue weighted by atomic mass is 16.5. The number of nitrogens with one attached hydrogen (secondary N) is 1. The van der Waals surface area contributed by atoms with Crippen LogP contribution in [0, 0.1) is 0 Å². The summed E-state index contributed by atoms with van der Waals surface area (Å²) in [5, 5.41) is 8.38. The molecule has 4 aromatic rings. The van der Waals surface area contributed by atoms with E-state index >= 15 is 0 Å². The largest absolute Gasteiger partial charge is 0.381 e. The maximum atomic E-state index is 11.9. The van der Waals surface area contributed by atoms with E-state index in [1.165, 1.54) is 19.0 Å². The molecule has 1 amide bonds. The van der Waals surface area contributed by atoms with Crippen molar-refractivity contribution in [2.75, 3.05) is 58.4 Å². The molecule has 2 fully saturated rings. The Labute approximate surface area is 209 Å². The van der Waals surface area contributed by atoms with E-state index in [9.17, 15) is 4.79 Å². The van der Waals surface area contributed by atoms with Crippen LogP contribution in [0.15, 0.2) is 36.8 Å². The van der Waals surface area contributed by atoms with E-state index in [1.807, 2.05) is 18.2 Å². The fourth-order valence-corrected chi connectivity index (χ4v) is 4.53. The average molecular weight is 493 g/mol. The Morgan fingerprint density at radius 3 is 2.58 bits per heavy atom. The third-order valence-electron chi connectivity index (χ3n) is 6.49. The van der Waals surface area contributed by atoms with Crippen LogP contribution in [0.5, 0.6) is 0 Å². The van der Waals surface area contributed by atoms with Crippen molar-refractivity contribution in [1.82, 2.24) is 29.0 Å². The second kappa shape index (κ2) is 11.0. The van der Waals surface area contributed by atoms with Gasteiger partial charge in [0.05, 0.1) is 25.1 Å². The quantitative estimate of drug-likeness (QED) is 0.419. The zero-order chi connectivity index (χ0) is 24.9. The van der Waals surface area contributed by atoms with E-state index in [-0.39, 0.29) is 5.56 Å². The zero-order valence-electron chi connectivity index (χ0n) is 20.5. The number of fused-ring (bicyclic) bond motifs is 2. The van der Waals surface area contributed by atoms with Gasteiger partial charge in [-0.05, 0) is 25.0 Å². The van der Waals surface area contributed by atoms with Gasteiger partial charge in [-0.15, -0.1) is 0 Å². The number of hydrogen-bond donors (Lipinski definition) is 2. The summed E-state index contributed by atoms with van der Waals surface area (Å²) in [5.41, 5.74) is 8.81. The molecule has 0 unspecified atom stereocenters. The summed E-state index contributed by atoms with van der Waals surface area (Å²) < 4.78 is 14.1. The van der Waals surface area contributed by atoms with Crippen molar-refractivity contribution in [3.63, 3.8) is 0 Å². The molecule has 0 radical (unpaired) electrons. The Kier molecular flexibility index (Phi) is 7.40. The minimum atomic E-state index is -0.559. The maximum absolute atomic E-state index is 11.9. The first-order valence-corrected chi connectivity index (χ1v) is 12.3. The number of aromatic nitrogens is 5. The van der Waals surface area contributed by atoms with Crippen LogP contribution in [0.2, 0.25) is 0 Å². The SMILES string of the molecule is C1CCOC1.CNc1cc(-c2cn(CCN3CCOCC3)c3ncccc23)nc2c(C(N)=O)cnn12. The van der Waals surface area contributed by atoms with Gasteiger partial charge >= 0.3 is 0 Å². The predicted octanol–water partition coefficient (Wildman–Crippen LogP) is 2.02. The summed E-state index contributed by atoms with van der Waals surface area (Å²) in [7, 11) is 1.80. The topological polar surface area (TPSA) is 125 Å². The third-order valence-corrected chi connectivity index (χ3v) is 6.49. The van der Waals surface area contributed by atoms with E-state index in [1.54, 1.807) is 17.8 Å². The Hall–Kier alpha value is -3.54. The third kappa shape index (κ3) is 5.03. The van der Waals surface area contributed by atoms with Crippen LogP contribution < -0.4 is 11.1 Å². The number of rotatable bonds is 6. The molecule has 36 heavy (non-hydrogen) atoms. The lowest BCUT2D eigenvalue weighted by Gasteiger charge is -2.26. The summed E-state index contributed by atoms with van der Waals surface area (Å²) in [6.07, 6.45) is 7.88. The summed E-state index contributed by atoms with van der Waals surface area (Å²) in [5.74, 6) is 0.155. The molecule has 6 heterocycles. The fourth-order valence-electron chi connectivity index (χ4n) is 4.53. The molecule has 11 heteroatoms. The van der Waals surface area contributed by atoms with Gasteiger partial charge < -0.3 is 25.1 Å². The Balaban J connectivity index is 0.000000477. The van der Waals surface area contributed by atoms with Crippen LogP contribution in [0.1, 0.15) is 23.2 Å². The molecule has 0 saturated carbocycles. The Bertz CT molecular complexity index is 1330. The van der Waals surface area contributed by atoms with Gasteiger partial charge in [0.15, 0.2) is 5.65 Å². The Morgan fingerprint density at radius 2 is 1.89 bits per heavy atom. The molecule has 0 aliphatic carbocycles. The molecule has 190 valence electrons. The van der Waals surface area contributed by atoms with Gasteiger partial charge in [0.2, 0.25) is 0 Å². The molecule has 3 N–H and O–H groups in total. The molecule has 0 atom stereocenters. The van der Waals surface area contributed by atoms with Gasteiger partial charge in [0, 0.05) is 75.9 Å². The average Bonchev–Trinajstić information content (AvgIpc) is 3.68. The van der Waals surface area contributed by atoms with Crippen LogP contribution in [-0.4, -0.2) is 88.1 Å². The smallest absolute Gasteiger partial charge is 0.254 e. The predicted molar refractivity (Wildman–Crippen MR) is 137 cm³/mol. The van der Waals surface area contributed by atoms with E-state index in [2.05, 4.69) is 31.1 Å². The van der Waals surface area contributed by atoms with Gasteiger partial charge in [0.1, 0.15) is 17.0 Å². The highest BCUT2D eigenvalue weighted by Crippen LogP contribution is 2.31. The number of morpholine rings is 1. The van der Waals surface area contributed by atoms with Crippen molar-refractivity contribution < 1.29 is 14.3 Å². The van der Waals surface area contributed by atoms with Crippen LogP contribution >= 0.6 is 0 Å². The van der Waals surface area contributed by atoms with E-state index in [0.717, 1.165) is 74.9 Å². The lowest BCUT2D eigenvalue weighted by molar-refractivity contribution is 0.0365. The number of carbonyl (C=O) groups is 1. The number of nitrogens with zero attached hydrogens (tertiary/aromatic N) is 6. The lowest BCUT2D eigenvalue weighted by atomic mass is 10.1. The number of ether oxygens (including phenoxy) is 2. The minimum absolute atomic E-state index is 0.285. The maximum Gasteiger partial charge on any atom is 0.254 e. The second-order valence-electron chi connectivity index (χ2n) is 8.82. The molecule has 6 rings (SSSR count). The second-order valence-corrected chi connectivity index (χ2v) is 8.82. The number of anilines is 1. The van der Waals surface area contributed by atoms with E-state index < -0.39 is 5.91 Å². The van der Waals surface area contributed by atoms with Crippen molar-refractivity contribution in [1.29, 1.82) is 0 Å². The van der Waals surface area contributed by atoms with Gasteiger partial charge in [-0.2, -0.15) is 9.61 Å². The van der Waals surface area contributed by atoms with Crippen molar-refractivity contribution in [3.8, 4) is 11.3 Å². The number of carbonyl (C=O) groups excluding carboxylic acids is 1. The van der Waals surface area contributed by atoms with Crippen molar-refractivity contribution in [3.05, 3.63) is 42.4 Å². The van der Waals surface area contributed by atoms with Gasteiger partial charge in [-0.25, -0.2) is 9.97 Å². The minimum Gasteiger partial charge on any atom is -0.381 e. The van der Waals surface area contributed by atoms with Crippen LogP contribution in [-0.2, 0) is 16.0 Å². The van der Waals surface area contributed by atoms with Crippen molar-refractivity contribution >= 4 is 28.4 Å². The van der Waals surface area contributed by atoms with Gasteiger partial charge in [0.25, 0.3) is 5.91 Å². The number of nitrogens with two attached hydrogens (primary N) is 1. The molecule has 2 aliphatic heterocycles. The number of amides is 1. The number of pyridine rings is 1.